The third-order valence-electron chi connectivity index (χ3n) is 5.15. The number of hydrogen-bond acceptors (Lipinski definition) is 6. The van der Waals surface area contributed by atoms with Crippen LogP contribution in [0.2, 0.25) is 0 Å². The second kappa shape index (κ2) is 9.43. The Balaban J connectivity index is 1.84. The van der Waals surface area contributed by atoms with Crippen LogP contribution < -0.4 is 10.1 Å². The first-order chi connectivity index (χ1) is 14.0. The molecule has 0 bridgehead atoms. The molecule has 3 rings (SSSR count). The van der Waals surface area contributed by atoms with Crippen LogP contribution >= 0.6 is 0 Å². The van der Waals surface area contributed by atoms with E-state index in [4.69, 9.17) is 9.47 Å². The van der Waals surface area contributed by atoms with Gasteiger partial charge in [0.1, 0.15) is 11.8 Å². The SMILES string of the molecule is COC(=O)[C@@H]1CCCN1C(=O)[C@@H](O)[C@@H](Nc1ccc(OC)cc1)c1ccccc1. The van der Waals surface area contributed by atoms with Crippen molar-refractivity contribution >= 4 is 17.6 Å². The van der Waals surface area contributed by atoms with Gasteiger partial charge >= 0.3 is 5.97 Å². The number of anilines is 1. The minimum absolute atomic E-state index is 0.416. The molecule has 0 spiro atoms. The highest BCUT2D eigenvalue weighted by molar-refractivity contribution is 5.88. The van der Waals surface area contributed by atoms with Gasteiger partial charge in [-0.05, 0) is 42.7 Å². The second-order valence-corrected chi connectivity index (χ2v) is 6.92. The number of nitrogens with one attached hydrogen (secondary N) is 1. The Morgan fingerprint density at radius 3 is 2.41 bits per heavy atom. The molecule has 0 radical (unpaired) electrons. The van der Waals surface area contributed by atoms with E-state index in [1.54, 1.807) is 19.2 Å². The lowest BCUT2D eigenvalue weighted by Gasteiger charge is -2.30. The third-order valence-corrected chi connectivity index (χ3v) is 5.15. The summed E-state index contributed by atoms with van der Waals surface area (Å²) in [4.78, 5) is 26.5. The molecule has 7 nitrogen and oxygen atoms in total. The van der Waals surface area contributed by atoms with Crippen LogP contribution in [0.15, 0.2) is 54.6 Å². The van der Waals surface area contributed by atoms with E-state index in [1.165, 1.54) is 12.0 Å². The molecule has 0 saturated carbocycles. The normalized spacial score (nSPS) is 18.0. The van der Waals surface area contributed by atoms with Crippen molar-refractivity contribution in [3.05, 3.63) is 60.2 Å². The van der Waals surface area contributed by atoms with Gasteiger partial charge in [0.25, 0.3) is 5.91 Å². The van der Waals surface area contributed by atoms with E-state index in [2.05, 4.69) is 5.32 Å². The Labute approximate surface area is 170 Å². The summed E-state index contributed by atoms with van der Waals surface area (Å²) in [7, 11) is 2.89. The lowest BCUT2D eigenvalue weighted by atomic mass is 9.99. The maximum Gasteiger partial charge on any atom is 0.328 e. The van der Waals surface area contributed by atoms with Gasteiger partial charge in [-0.3, -0.25) is 4.79 Å². The molecular formula is C22H26N2O5. The molecule has 1 saturated heterocycles. The standard InChI is InChI=1S/C22H26N2O5/c1-28-17-12-10-16(11-13-17)23-19(15-7-4-3-5-8-15)20(25)21(26)24-14-6-9-18(24)22(27)29-2/h3-5,7-8,10-13,18-20,23,25H,6,9,14H2,1-2H3/t18-,19-,20-/m0/s1. The number of aliphatic hydroxyl groups is 1. The van der Waals surface area contributed by atoms with E-state index in [-0.39, 0.29) is 0 Å². The summed E-state index contributed by atoms with van der Waals surface area (Å²) < 4.78 is 9.99. The summed E-state index contributed by atoms with van der Waals surface area (Å²) in [6, 6.07) is 15.2. The molecule has 1 heterocycles. The molecule has 0 unspecified atom stereocenters. The molecular weight excluding hydrogens is 372 g/mol. The number of hydrogen-bond donors (Lipinski definition) is 2. The summed E-state index contributed by atoms with van der Waals surface area (Å²) in [5.74, 6) is -0.239. The molecule has 0 aromatic heterocycles. The number of esters is 1. The molecule has 2 aromatic rings. The van der Waals surface area contributed by atoms with Crippen LogP contribution in [0.25, 0.3) is 0 Å². The van der Waals surface area contributed by atoms with Crippen molar-refractivity contribution in [2.75, 3.05) is 26.1 Å². The highest BCUT2D eigenvalue weighted by Crippen LogP contribution is 2.28. The van der Waals surface area contributed by atoms with Crippen molar-refractivity contribution in [3.63, 3.8) is 0 Å². The quantitative estimate of drug-likeness (QED) is 0.697. The van der Waals surface area contributed by atoms with Gasteiger partial charge in [0.05, 0.1) is 20.3 Å². The highest BCUT2D eigenvalue weighted by Gasteiger charge is 2.40. The maximum absolute atomic E-state index is 13.1. The van der Waals surface area contributed by atoms with Gasteiger partial charge < -0.3 is 24.8 Å². The van der Waals surface area contributed by atoms with E-state index < -0.39 is 30.1 Å². The Bertz CT molecular complexity index is 825. The highest BCUT2D eigenvalue weighted by atomic mass is 16.5. The molecule has 154 valence electrons. The van der Waals surface area contributed by atoms with Gasteiger partial charge in [-0.25, -0.2) is 4.79 Å². The van der Waals surface area contributed by atoms with Crippen LogP contribution in [-0.4, -0.2) is 54.8 Å². The van der Waals surface area contributed by atoms with Crippen LogP contribution in [0.5, 0.6) is 5.75 Å². The Morgan fingerprint density at radius 2 is 1.79 bits per heavy atom. The molecule has 3 atom stereocenters. The van der Waals surface area contributed by atoms with Gasteiger partial charge in [-0.1, -0.05) is 30.3 Å². The first kappa shape index (κ1) is 20.7. The number of likely N-dealkylation sites (tertiary alicyclic amines) is 1. The minimum Gasteiger partial charge on any atom is -0.497 e. The van der Waals surface area contributed by atoms with Crippen molar-refractivity contribution < 1.29 is 24.2 Å². The number of rotatable bonds is 7. The number of carbonyl (C=O) groups excluding carboxylic acids is 2. The van der Waals surface area contributed by atoms with Gasteiger partial charge in [0, 0.05) is 12.2 Å². The molecule has 7 heteroatoms. The van der Waals surface area contributed by atoms with Gasteiger partial charge in [-0.15, -0.1) is 0 Å². The summed E-state index contributed by atoms with van der Waals surface area (Å²) in [5.41, 5.74) is 1.50. The molecule has 1 aliphatic heterocycles. The predicted octanol–water partition coefficient (Wildman–Crippen LogP) is 2.37. The van der Waals surface area contributed by atoms with E-state index in [1.807, 2.05) is 42.5 Å². The van der Waals surface area contributed by atoms with Crippen molar-refractivity contribution in [1.29, 1.82) is 0 Å². The first-order valence-corrected chi connectivity index (χ1v) is 9.57. The Morgan fingerprint density at radius 1 is 1.10 bits per heavy atom. The summed E-state index contributed by atoms with van der Waals surface area (Å²) in [6.45, 7) is 0.416. The summed E-state index contributed by atoms with van der Waals surface area (Å²) in [6.07, 6.45) is -0.141. The maximum atomic E-state index is 13.1. The van der Waals surface area contributed by atoms with E-state index in [9.17, 15) is 14.7 Å². The molecule has 1 aliphatic rings. The first-order valence-electron chi connectivity index (χ1n) is 9.57. The lowest BCUT2D eigenvalue weighted by molar-refractivity contribution is -0.154. The monoisotopic (exact) mass is 398 g/mol. The Kier molecular flexibility index (Phi) is 6.72. The van der Waals surface area contributed by atoms with Crippen molar-refractivity contribution in [2.24, 2.45) is 0 Å². The fourth-order valence-electron chi connectivity index (χ4n) is 3.60. The number of benzene rings is 2. The molecule has 1 amide bonds. The minimum atomic E-state index is -1.37. The number of amides is 1. The average Bonchev–Trinajstić information content (AvgIpc) is 3.27. The van der Waals surface area contributed by atoms with Gasteiger partial charge in [0.15, 0.2) is 6.10 Å². The molecule has 1 fully saturated rings. The molecule has 0 aliphatic carbocycles. The summed E-state index contributed by atoms with van der Waals surface area (Å²) in [5, 5.41) is 14.2. The van der Waals surface area contributed by atoms with Crippen LogP contribution in [0, 0.1) is 0 Å². The van der Waals surface area contributed by atoms with Crippen LogP contribution in [-0.2, 0) is 14.3 Å². The van der Waals surface area contributed by atoms with Crippen LogP contribution in [0.4, 0.5) is 5.69 Å². The van der Waals surface area contributed by atoms with E-state index in [0.717, 1.165) is 11.3 Å². The largest absolute Gasteiger partial charge is 0.497 e. The smallest absolute Gasteiger partial charge is 0.328 e. The lowest BCUT2D eigenvalue weighted by Crippen LogP contribution is -2.48. The average molecular weight is 398 g/mol. The van der Waals surface area contributed by atoms with Crippen molar-refractivity contribution in [2.45, 2.75) is 31.0 Å². The summed E-state index contributed by atoms with van der Waals surface area (Å²) >= 11 is 0. The second-order valence-electron chi connectivity index (χ2n) is 6.92. The topological polar surface area (TPSA) is 88.1 Å². The number of aliphatic hydroxyl groups excluding tert-OH is 1. The van der Waals surface area contributed by atoms with E-state index in [0.29, 0.717) is 25.1 Å². The van der Waals surface area contributed by atoms with Crippen LogP contribution in [0.3, 0.4) is 0 Å². The van der Waals surface area contributed by atoms with Gasteiger partial charge in [-0.2, -0.15) is 0 Å². The fourth-order valence-corrected chi connectivity index (χ4v) is 3.60. The molecule has 29 heavy (non-hydrogen) atoms. The van der Waals surface area contributed by atoms with E-state index >= 15 is 0 Å². The number of ether oxygens (including phenoxy) is 2. The zero-order chi connectivity index (χ0) is 20.8. The third kappa shape index (κ3) is 4.68. The van der Waals surface area contributed by atoms with Gasteiger partial charge in [0.2, 0.25) is 0 Å². The Hall–Kier alpha value is -3.06. The molecule has 2 aromatic carbocycles. The van der Waals surface area contributed by atoms with Crippen molar-refractivity contribution in [1.82, 2.24) is 4.90 Å². The number of carbonyl (C=O) groups is 2. The number of nitrogens with zero attached hydrogens (tertiary/aromatic N) is 1. The van der Waals surface area contributed by atoms with Crippen molar-refractivity contribution in [3.8, 4) is 5.75 Å². The zero-order valence-corrected chi connectivity index (χ0v) is 16.6. The number of methoxy groups -OCH3 is 2. The zero-order valence-electron chi connectivity index (χ0n) is 16.6. The molecule has 2 N–H and O–H groups in total. The fraction of sp³-hybridized carbons (Fsp3) is 0.364. The van der Waals surface area contributed by atoms with Crippen LogP contribution in [0.1, 0.15) is 24.4 Å². The predicted molar refractivity (Wildman–Crippen MR) is 109 cm³/mol.